The van der Waals surface area contributed by atoms with E-state index in [0.29, 0.717) is 35.9 Å². The van der Waals surface area contributed by atoms with Gasteiger partial charge in [-0.05, 0) is 60.7 Å². The van der Waals surface area contributed by atoms with Crippen LogP contribution in [0.15, 0.2) is 48.5 Å². The maximum absolute atomic E-state index is 13.3. The number of benzene rings is 2. The van der Waals surface area contributed by atoms with Crippen LogP contribution in [0.1, 0.15) is 61.9 Å². The van der Waals surface area contributed by atoms with E-state index in [2.05, 4.69) is 19.2 Å². The van der Waals surface area contributed by atoms with E-state index in [-0.39, 0.29) is 23.1 Å². The zero-order valence-corrected chi connectivity index (χ0v) is 19.8. The molecule has 0 radical (unpaired) electrons. The minimum absolute atomic E-state index is 0.119. The van der Waals surface area contributed by atoms with Gasteiger partial charge in [0.15, 0.2) is 0 Å². The van der Waals surface area contributed by atoms with Crippen molar-refractivity contribution in [3.63, 3.8) is 0 Å². The van der Waals surface area contributed by atoms with Crippen LogP contribution in [0.2, 0.25) is 5.02 Å². The van der Waals surface area contributed by atoms with E-state index < -0.39 is 0 Å². The van der Waals surface area contributed by atoms with Crippen LogP contribution >= 0.6 is 11.6 Å². The highest BCUT2D eigenvalue weighted by atomic mass is 35.5. The van der Waals surface area contributed by atoms with Crippen molar-refractivity contribution in [2.75, 3.05) is 18.4 Å². The SMILES string of the molecule is CC(C)(CN)CN(Cc1ccc(NC(=O)c2cccc(Cl)c2)cc1)C(=O)C1CCCCC1. The second kappa shape index (κ2) is 11.0. The topological polar surface area (TPSA) is 75.4 Å². The number of amides is 2. The largest absolute Gasteiger partial charge is 0.338 e. The number of carbonyl (C=O) groups excluding carboxylic acids is 2. The van der Waals surface area contributed by atoms with Gasteiger partial charge in [-0.3, -0.25) is 9.59 Å². The quantitative estimate of drug-likeness (QED) is 0.552. The van der Waals surface area contributed by atoms with E-state index >= 15 is 0 Å². The third-order valence-corrected chi connectivity index (χ3v) is 6.34. The standard InChI is InChI=1S/C26H34ClN3O2/c1-26(2,17-28)18-30(25(32)20-7-4-3-5-8-20)16-19-11-13-23(14-12-19)29-24(31)21-9-6-10-22(27)15-21/h6,9-15,20H,3-5,7-8,16-18,28H2,1-2H3,(H,29,31). The molecule has 2 aromatic rings. The Labute approximate surface area is 196 Å². The van der Waals surface area contributed by atoms with Crippen LogP contribution < -0.4 is 11.1 Å². The molecule has 2 aromatic carbocycles. The summed E-state index contributed by atoms with van der Waals surface area (Å²) in [6, 6.07) is 14.5. The van der Waals surface area contributed by atoms with Crippen molar-refractivity contribution in [1.82, 2.24) is 4.90 Å². The first-order valence-corrected chi connectivity index (χ1v) is 11.8. The molecular weight excluding hydrogens is 422 g/mol. The van der Waals surface area contributed by atoms with Gasteiger partial charge < -0.3 is 16.0 Å². The highest BCUT2D eigenvalue weighted by molar-refractivity contribution is 6.31. The molecule has 0 unspecified atom stereocenters. The normalized spacial score (nSPS) is 14.8. The van der Waals surface area contributed by atoms with Gasteiger partial charge in [0.2, 0.25) is 5.91 Å². The molecular formula is C26H34ClN3O2. The molecule has 0 bridgehead atoms. The molecule has 6 heteroatoms. The number of hydrogen-bond acceptors (Lipinski definition) is 3. The van der Waals surface area contributed by atoms with Gasteiger partial charge in [-0.15, -0.1) is 0 Å². The van der Waals surface area contributed by atoms with Gasteiger partial charge in [0.1, 0.15) is 0 Å². The molecule has 3 N–H and O–H groups in total. The maximum atomic E-state index is 13.3. The molecule has 0 aromatic heterocycles. The summed E-state index contributed by atoms with van der Waals surface area (Å²) < 4.78 is 0. The molecule has 32 heavy (non-hydrogen) atoms. The fraction of sp³-hybridized carbons (Fsp3) is 0.462. The number of halogens is 1. The van der Waals surface area contributed by atoms with Gasteiger partial charge in [0.25, 0.3) is 5.91 Å². The first kappa shape index (κ1) is 24.3. The lowest BCUT2D eigenvalue weighted by Crippen LogP contribution is -2.44. The van der Waals surface area contributed by atoms with E-state index in [0.717, 1.165) is 31.2 Å². The van der Waals surface area contributed by atoms with Crippen molar-refractivity contribution in [3.05, 3.63) is 64.7 Å². The Morgan fingerprint density at radius 3 is 2.41 bits per heavy atom. The van der Waals surface area contributed by atoms with Crippen LogP contribution in [-0.4, -0.2) is 29.8 Å². The van der Waals surface area contributed by atoms with Gasteiger partial charge in [-0.2, -0.15) is 0 Å². The van der Waals surface area contributed by atoms with Crippen LogP contribution in [0.4, 0.5) is 5.69 Å². The monoisotopic (exact) mass is 455 g/mol. The molecule has 3 rings (SSSR count). The number of nitrogens with one attached hydrogen (secondary N) is 1. The van der Waals surface area contributed by atoms with Crippen LogP contribution in [-0.2, 0) is 11.3 Å². The summed E-state index contributed by atoms with van der Waals surface area (Å²) in [5.74, 6) is 0.150. The van der Waals surface area contributed by atoms with Gasteiger partial charge in [0, 0.05) is 35.3 Å². The highest BCUT2D eigenvalue weighted by Crippen LogP contribution is 2.28. The third-order valence-electron chi connectivity index (χ3n) is 6.11. The minimum atomic E-state index is -0.209. The van der Waals surface area contributed by atoms with E-state index in [1.165, 1.54) is 6.42 Å². The van der Waals surface area contributed by atoms with Crippen LogP contribution in [0, 0.1) is 11.3 Å². The summed E-state index contributed by atoms with van der Waals surface area (Å²) in [5.41, 5.74) is 8.06. The van der Waals surface area contributed by atoms with Gasteiger partial charge >= 0.3 is 0 Å². The fourth-order valence-corrected chi connectivity index (χ4v) is 4.34. The average molecular weight is 456 g/mol. The molecule has 0 spiro atoms. The Bertz CT molecular complexity index is 921. The zero-order chi connectivity index (χ0) is 23.1. The molecule has 0 heterocycles. The van der Waals surface area contributed by atoms with Crippen molar-refractivity contribution in [3.8, 4) is 0 Å². The van der Waals surface area contributed by atoms with E-state index in [1.54, 1.807) is 24.3 Å². The zero-order valence-electron chi connectivity index (χ0n) is 19.1. The van der Waals surface area contributed by atoms with E-state index in [4.69, 9.17) is 17.3 Å². The number of nitrogens with zero attached hydrogens (tertiary/aromatic N) is 1. The summed E-state index contributed by atoms with van der Waals surface area (Å²) >= 11 is 5.98. The Balaban J connectivity index is 1.68. The molecule has 1 fully saturated rings. The van der Waals surface area contributed by atoms with E-state index in [9.17, 15) is 9.59 Å². The second-order valence-electron chi connectivity index (χ2n) is 9.56. The van der Waals surface area contributed by atoms with Crippen molar-refractivity contribution in [2.45, 2.75) is 52.5 Å². The summed E-state index contributed by atoms with van der Waals surface area (Å²) in [6.07, 6.45) is 5.44. The first-order valence-electron chi connectivity index (χ1n) is 11.4. The smallest absolute Gasteiger partial charge is 0.255 e. The number of nitrogens with two attached hydrogens (primary N) is 1. The Hall–Kier alpha value is -2.37. The van der Waals surface area contributed by atoms with Crippen LogP contribution in [0.5, 0.6) is 0 Å². The number of carbonyl (C=O) groups is 2. The predicted molar refractivity (Wildman–Crippen MR) is 131 cm³/mol. The lowest BCUT2D eigenvalue weighted by molar-refractivity contribution is -0.138. The highest BCUT2D eigenvalue weighted by Gasteiger charge is 2.29. The lowest BCUT2D eigenvalue weighted by atomic mass is 9.87. The molecule has 0 aliphatic heterocycles. The van der Waals surface area contributed by atoms with Crippen molar-refractivity contribution in [1.29, 1.82) is 0 Å². The van der Waals surface area contributed by atoms with Gasteiger partial charge in [-0.25, -0.2) is 0 Å². The van der Waals surface area contributed by atoms with Crippen LogP contribution in [0.3, 0.4) is 0 Å². The number of anilines is 1. The van der Waals surface area contributed by atoms with Crippen molar-refractivity contribution >= 4 is 29.1 Å². The lowest BCUT2D eigenvalue weighted by Gasteiger charge is -2.35. The van der Waals surface area contributed by atoms with Crippen molar-refractivity contribution < 1.29 is 9.59 Å². The summed E-state index contributed by atoms with van der Waals surface area (Å²) in [7, 11) is 0. The molecule has 1 saturated carbocycles. The Kier molecular flexibility index (Phi) is 8.32. The van der Waals surface area contributed by atoms with Gasteiger partial charge in [0.05, 0.1) is 0 Å². The minimum Gasteiger partial charge on any atom is -0.338 e. The molecule has 5 nitrogen and oxygen atoms in total. The average Bonchev–Trinajstić information content (AvgIpc) is 2.80. The molecule has 172 valence electrons. The third kappa shape index (κ3) is 6.81. The molecule has 1 aliphatic rings. The fourth-order valence-electron chi connectivity index (χ4n) is 4.15. The van der Waals surface area contributed by atoms with Crippen LogP contribution in [0.25, 0.3) is 0 Å². The van der Waals surface area contributed by atoms with E-state index in [1.807, 2.05) is 29.2 Å². The molecule has 0 saturated heterocycles. The maximum Gasteiger partial charge on any atom is 0.255 e. The Morgan fingerprint density at radius 1 is 1.09 bits per heavy atom. The number of hydrogen-bond donors (Lipinski definition) is 2. The molecule has 1 aliphatic carbocycles. The first-order chi connectivity index (χ1) is 15.3. The molecule has 0 atom stereocenters. The summed E-state index contributed by atoms with van der Waals surface area (Å²) in [4.78, 5) is 27.7. The van der Waals surface area contributed by atoms with Crippen molar-refractivity contribution in [2.24, 2.45) is 17.1 Å². The molecule has 2 amide bonds. The number of rotatable bonds is 8. The predicted octanol–water partition coefficient (Wildman–Crippen LogP) is 5.49. The van der Waals surface area contributed by atoms with Gasteiger partial charge in [-0.1, -0.05) is 62.9 Å². The summed E-state index contributed by atoms with van der Waals surface area (Å²) in [6.45, 7) is 5.90. The summed E-state index contributed by atoms with van der Waals surface area (Å²) in [5, 5.41) is 3.42. The second-order valence-corrected chi connectivity index (χ2v) is 10.00. The Morgan fingerprint density at radius 2 is 1.78 bits per heavy atom.